The number of hydrogen-bond acceptors (Lipinski definition) is 2. The van der Waals surface area contributed by atoms with E-state index >= 15 is 0 Å². The molecule has 1 fully saturated rings. The molecule has 30 heavy (non-hydrogen) atoms. The smallest absolute Gasteiger partial charge is 0.227 e. The summed E-state index contributed by atoms with van der Waals surface area (Å²) in [6.07, 6.45) is 3.60. The van der Waals surface area contributed by atoms with E-state index in [0.717, 1.165) is 11.1 Å². The van der Waals surface area contributed by atoms with Gasteiger partial charge in [0.2, 0.25) is 5.91 Å². The van der Waals surface area contributed by atoms with Gasteiger partial charge in [-0.1, -0.05) is 60.5 Å². The summed E-state index contributed by atoms with van der Waals surface area (Å²) in [6, 6.07) is 14.6. The second kappa shape index (κ2) is 9.80. The minimum absolute atomic E-state index is 0.000857. The summed E-state index contributed by atoms with van der Waals surface area (Å²) in [6.45, 7) is 7.35. The second-order valence-corrected chi connectivity index (χ2v) is 8.77. The summed E-state index contributed by atoms with van der Waals surface area (Å²) in [5, 5.41) is 1.29. The van der Waals surface area contributed by atoms with Crippen molar-refractivity contribution in [3.63, 3.8) is 0 Å². The number of hydrogen-bond donors (Lipinski definition) is 0. The van der Waals surface area contributed by atoms with Crippen LogP contribution in [-0.2, 0) is 9.59 Å². The molecule has 1 amide bonds. The zero-order chi connectivity index (χ0) is 21.8. The molecule has 5 heteroatoms. The molecular formula is C25H27Cl2NO2. The monoisotopic (exact) mass is 443 g/mol. The van der Waals surface area contributed by atoms with Crippen molar-refractivity contribution in [1.29, 1.82) is 0 Å². The summed E-state index contributed by atoms with van der Waals surface area (Å²) < 4.78 is 0. The number of halogens is 2. The highest BCUT2D eigenvalue weighted by Crippen LogP contribution is 2.47. The quantitative estimate of drug-likeness (QED) is 0.451. The number of Topliss-reactive ketones (excluding diaryl/α,β-unsaturated/α-hetero) is 1. The van der Waals surface area contributed by atoms with Crippen LogP contribution in [0.25, 0.3) is 0 Å². The van der Waals surface area contributed by atoms with Crippen LogP contribution in [0.4, 0.5) is 0 Å². The Balaban J connectivity index is 2.20. The third-order valence-corrected chi connectivity index (χ3v) is 6.44. The number of benzene rings is 2. The Morgan fingerprint density at radius 3 is 2.43 bits per heavy atom. The summed E-state index contributed by atoms with van der Waals surface area (Å²) in [5.74, 6) is -0.214. The van der Waals surface area contributed by atoms with E-state index in [-0.39, 0.29) is 29.6 Å². The number of carbonyl (C=O) groups is 2. The summed E-state index contributed by atoms with van der Waals surface area (Å²) in [4.78, 5) is 28.0. The van der Waals surface area contributed by atoms with Gasteiger partial charge in [-0.05, 0) is 61.6 Å². The SMILES string of the molecule is C=CC[C@@H]1C[C@H](c2cccc(Cl)c2)[C@@H](c2ccc(Cl)cc2)N([C@@H](CC)C(C)=O)C1=O. The molecule has 0 unspecified atom stereocenters. The fraction of sp³-hybridized carbons (Fsp3) is 0.360. The molecular weight excluding hydrogens is 417 g/mol. The Morgan fingerprint density at radius 2 is 1.87 bits per heavy atom. The minimum Gasteiger partial charge on any atom is -0.325 e. The van der Waals surface area contributed by atoms with Gasteiger partial charge in [0, 0.05) is 21.9 Å². The van der Waals surface area contributed by atoms with Gasteiger partial charge < -0.3 is 4.90 Å². The van der Waals surface area contributed by atoms with E-state index in [1.165, 1.54) is 0 Å². The first-order valence-corrected chi connectivity index (χ1v) is 11.1. The van der Waals surface area contributed by atoms with Gasteiger partial charge in [-0.2, -0.15) is 0 Å². The van der Waals surface area contributed by atoms with Crippen molar-refractivity contribution in [3.05, 3.63) is 82.4 Å². The van der Waals surface area contributed by atoms with Crippen LogP contribution in [0.2, 0.25) is 10.0 Å². The number of likely N-dealkylation sites (tertiary alicyclic amines) is 1. The molecule has 0 bridgehead atoms. The first-order chi connectivity index (χ1) is 14.4. The lowest BCUT2D eigenvalue weighted by molar-refractivity contribution is -0.150. The maximum absolute atomic E-state index is 13.6. The zero-order valence-electron chi connectivity index (χ0n) is 17.4. The Kier molecular flexibility index (Phi) is 7.38. The van der Waals surface area contributed by atoms with E-state index in [2.05, 4.69) is 6.58 Å². The van der Waals surface area contributed by atoms with E-state index < -0.39 is 6.04 Å². The predicted octanol–water partition coefficient (Wildman–Crippen LogP) is 6.61. The highest BCUT2D eigenvalue weighted by atomic mass is 35.5. The third-order valence-electron chi connectivity index (χ3n) is 5.95. The number of nitrogens with zero attached hydrogens (tertiary/aromatic N) is 1. The van der Waals surface area contributed by atoms with Gasteiger partial charge in [0.15, 0.2) is 5.78 Å². The lowest BCUT2D eigenvalue weighted by atomic mass is 9.74. The van der Waals surface area contributed by atoms with Crippen LogP contribution in [0.15, 0.2) is 61.2 Å². The molecule has 1 aliphatic rings. The predicted molar refractivity (Wildman–Crippen MR) is 123 cm³/mol. The molecule has 4 atom stereocenters. The van der Waals surface area contributed by atoms with Crippen molar-refractivity contribution in [2.24, 2.45) is 5.92 Å². The van der Waals surface area contributed by atoms with Gasteiger partial charge in [-0.3, -0.25) is 9.59 Å². The summed E-state index contributed by atoms with van der Waals surface area (Å²) >= 11 is 12.4. The lowest BCUT2D eigenvalue weighted by Gasteiger charge is -2.47. The van der Waals surface area contributed by atoms with E-state index in [1.54, 1.807) is 13.0 Å². The average Bonchev–Trinajstić information content (AvgIpc) is 2.71. The molecule has 158 valence electrons. The normalized spacial score (nSPS) is 22.6. The maximum Gasteiger partial charge on any atom is 0.227 e. The standard InChI is InChI=1S/C25H27Cl2NO2/c1-4-7-19-15-22(18-8-6-9-21(27)14-18)24(17-10-12-20(26)13-11-17)28(25(19)30)23(5-2)16(3)29/h4,6,8-14,19,22-24H,1,5,7,15H2,2-3H3/t19-,22-,23+,24-/m1/s1. The molecule has 0 saturated carbocycles. The number of ketones is 1. The first-order valence-electron chi connectivity index (χ1n) is 10.3. The molecule has 1 saturated heterocycles. The van der Waals surface area contributed by atoms with Crippen molar-refractivity contribution >= 4 is 34.9 Å². The molecule has 2 aromatic carbocycles. The van der Waals surface area contributed by atoms with Gasteiger partial charge in [-0.25, -0.2) is 0 Å². The number of amides is 1. The van der Waals surface area contributed by atoms with E-state index in [0.29, 0.717) is 29.3 Å². The van der Waals surface area contributed by atoms with Gasteiger partial charge >= 0.3 is 0 Å². The van der Waals surface area contributed by atoms with Crippen LogP contribution in [0.5, 0.6) is 0 Å². The van der Waals surface area contributed by atoms with E-state index in [4.69, 9.17) is 23.2 Å². The molecule has 0 radical (unpaired) electrons. The molecule has 0 N–H and O–H groups in total. The maximum atomic E-state index is 13.6. The molecule has 1 aliphatic heterocycles. The van der Waals surface area contributed by atoms with Gasteiger partial charge in [0.05, 0.1) is 12.1 Å². The van der Waals surface area contributed by atoms with Crippen LogP contribution in [0, 0.1) is 5.92 Å². The lowest BCUT2D eigenvalue weighted by Crippen LogP contribution is -2.53. The summed E-state index contributed by atoms with van der Waals surface area (Å²) in [7, 11) is 0. The van der Waals surface area contributed by atoms with Crippen molar-refractivity contribution < 1.29 is 9.59 Å². The second-order valence-electron chi connectivity index (χ2n) is 7.90. The number of piperidine rings is 1. The molecule has 0 spiro atoms. The Morgan fingerprint density at radius 1 is 1.17 bits per heavy atom. The topological polar surface area (TPSA) is 37.4 Å². The molecule has 0 aliphatic carbocycles. The largest absolute Gasteiger partial charge is 0.325 e. The fourth-order valence-corrected chi connectivity index (χ4v) is 4.94. The highest BCUT2D eigenvalue weighted by molar-refractivity contribution is 6.30. The Bertz CT molecular complexity index is 925. The van der Waals surface area contributed by atoms with Crippen molar-refractivity contribution in [2.45, 2.75) is 51.1 Å². The van der Waals surface area contributed by atoms with E-state index in [9.17, 15) is 9.59 Å². The Hall–Kier alpha value is -2.10. The van der Waals surface area contributed by atoms with Crippen LogP contribution in [-0.4, -0.2) is 22.6 Å². The van der Waals surface area contributed by atoms with Crippen LogP contribution >= 0.6 is 23.2 Å². The average molecular weight is 444 g/mol. The number of carbonyl (C=O) groups excluding carboxylic acids is 2. The van der Waals surface area contributed by atoms with Gasteiger partial charge in [0.25, 0.3) is 0 Å². The fourth-order valence-electron chi connectivity index (χ4n) is 4.61. The van der Waals surface area contributed by atoms with Crippen molar-refractivity contribution in [1.82, 2.24) is 4.90 Å². The molecule has 3 nitrogen and oxygen atoms in total. The highest BCUT2D eigenvalue weighted by Gasteiger charge is 2.45. The van der Waals surface area contributed by atoms with Crippen LogP contribution in [0.1, 0.15) is 56.2 Å². The third kappa shape index (κ3) is 4.63. The molecule has 0 aromatic heterocycles. The zero-order valence-corrected chi connectivity index (χ0v) is 18.9. The molecule has 2 aromatic rings. The Labute approximate surface area is 188 Å². The first kappa shape index (κ1) is 22.6. The van der Waals surface area contributed by atoms with Gasteiger partial charge in [-0.15, -0.1) is 6.58 Å². The number of rotatable bonds is 7. The summed E-state index contributed by atoms with van der Waals surface area (Å²) in [5.41, 5.74) is 2.03. The molecule has 1 heterocycles. The van der Waals surface area contributed by atoms with Gasteiger partial charge in [0.1, 0.15) is 0 Å². The van der Waals surface area contributed by atoms with E-state index in [1.807, 2.05) is 60.4 Å². The van der Waals surface area contributed by atoms with Crippen LogP contribution < -0.4 is 0 Å². The van der Waals surface area contributed by atoms with Crippen molar-refractivity contribution in [2.75, 3.05) is 0 Å². The minimum atomic E-state index is -0.479. The van der Waals surface area contributed by atoms with Crippen LogP contribution in [0.3, 0.4) is 0 Å². The molecule has 3 rings (SSSR count). The number of allylic oxidation sites excluding steroid dienone is 1. The van der Waals surface area contributed by atoms with Crippen molar-refractivity contribution in [3.8, 4) is 0 Å².